The lowest BCUT2D eigenvalue weighted by Gasteiger charge is -2.51. The predicted molar refractivity (Wildman–Crippen MR) is 123 cm³/mol. The van der Waals surface area contributed by atoms with E-state index < -0.39 is 0 Å². The van der Waals surface area contributed by atoms with Gasteiger partial charge in [0.15, 0.2) is 0 Å². The van der Waals surface area contributed by atoms with E-state index in [-0.39, 0.29) is 29.0 Å². The highest BCUT2D eigenvalue weighted by atomic mass is 35.5. The second-order valence-corrected chi connectivity index (χ2v) is 10.3. The SMILES string of the molecule is Cc1nc(Cl)cc([C@H]2[C@@H](c3cccs3)[C@H](c3cc(Cl)nc(Cl)n3)[C@@H]2c2cccs2)n1. The molecule has 0 radical (unpaired) electrons. The first-order valence-electron chi connectivity index (χ1n) is 9.29. The zero-order valence-electron chi connectivity index (χ0n) is 15.7. The molecule has 9 heteroatoms. The maximum absolute atomic E-state index is 6.31. The van der Waals surface area contributed by atoms with Gasteiger partial charge in [0, 0.05) is 39.1 Å². The molecule has 0 aliphatic heterocycles. The Hall–Kier alpha value is -1.57. The van der Waals surface area contributed by atoms with E-state index in [1.165, 1.54) is 9.75 Å². The second kappa shape index (κ2) is 8.17. The molecule has 0 amide bonds. The fourth-order valence-electron chi connectivity index (χ4n) is 4.45. The summed E-state index contributed by atoms with van der Waals surface area (Å²) in [4.78, 5) is 20.2. The van der Waals surface area contributed by atoms with Gasteiger partial charge in [0.05, 0.1) is 5.69 Å². The molecule has 2 atom stereocenters. The molecule has 5 rings (SSSR count). The number of nitrogens with zero attached hydrogens (tertiary/aromatic N) is 4. The van der Waals surface area contributed by atoms with Crippen LogP contribution in [-0.2, 0) is 0 Å². The lowest BCUT2D eigenvalue weighted by molar-refractivity contribution is 0.226. The minimum absolute atomic E-state index is 0.0966. The van der Waals surface area contributed by atoms with E-state index in [1.807, 2.05) is 19.1 Å². The Bertz CT molecular complexity index is 1040. The van der Waals surface area contributed by atoms with Crippen molar-refractivity contribution in [1.29, 1.82) is 0 Å². The highest BCUT2D eigenvalue weighted by Gasteiger charge is 2.55. The molecule has 0 N–H and O–H groups in total. The summed E-state index contributed by atoms with van der Waals surface area (Å²) in [5, 5.41) is 5.17. The number of hydrogen-bond donors (Lipinski definition) is 0. The van der Waals surface area contributed by atoms with Gasteiger partial charge in [-0.2, -0.15) is 0 Å². The summed E-state index contributed by atoms with van der Waals surface area (Å²) in [6.07, 6.45) is 0. The van der Waals surface area contributed by atoms with Crippen LogP contribution in [0.25, 0.3) is 0 Å². The average Bonchev–Trinajstić information content (AvgIpc) is 3.33. The molecule has 30 heavy (non-hydrogen) atoms. The highest BCUT2D eigenvalue weighted by Crippen LogP contribution is 2.67. The van der Waals surface area contributed by atoms with Crippen molar-refractivity contribution >= 4 is 57.5 Å². The van der Waals surface area contributed by atoms with Gasteiger partial charge in [-0.3, -0.25) is 0 Å². The van der Waals surface area contributed by atoms with E-state index in [1.54, 1.807) is 22.7 Å². The molecule has 1 fully saturated rings. The number of aromatic nitrogens is 4. The Kier molecular flexibility index (Phi) is 5.54. The van der Waals surface area contributed by atoms with Gasteiger partial charge in [-0.15, -0.1) is 22.7 Å². The van der Waals surface area contributed by atoms with E-state index >= 15 is 0 Å². The van der Waals surface area contributed by atoms with Crippen LogP contribution in [0.4, 0.5) is 0 Å². The maximum Gasteiger partial charge on any atom is 0.224 e. The van der Waals surface area contributed by atoms with Gasteiger partial charge in [-0.1, -0.05) is 35.3 Å². The Morgan fingerprint density at radius 3 is 1.70 bits per heavy atom. The van der Waals surface area contributed by atoms with Gasteiger partial charge in [0.1, 0.15) is 16.1 Å². The fraction of sp³-hybridized carbons (Fsp3) is 0.238. The standard InChI is InChI=1S/C21H15Cl3N4S2/c1-10-25-11(8-15(22)26-10)17-19(13-4-2-6-29-13)18(20(17)14-5-3-7-30-14)12-9-16(23)28-21(24)27-12/h2-9,17-20H,1H3/t17-,18-,19-,20-/m1/s1. The Morgan fingerprint density at radius 1 is 0.700 bits per heavy atom. The van der Waals surface area contributed by atoms with Crippen molar-refractivity contribution in [1.82, 2.24) is 19.9 Å². The minimum Gasteiger partial charge on any atom is -0.238 e. The fourth-order valence-corrected chi connectivity index (χ4v) is 6.96. The molecule has 0 unspecified atom stereocenters. The number of aryl methyl sites for hydroxylation is 1. The van der Waals surface area contributed by atoms with Crippen molar-refractivity contribution in [2.24, 2.45) is 0 Å². The van der Waals surface area contributed by atoms with Crippen LogP contribution < -0.4 is 0 Å². The molecule has 4 heterocycles. The van der Waals surface area contributed by atoms with E-state index in [4.69, 9.17) is 39.8 Å². The number of hydrogen-bond acceptors (Lipinski definition) is 6. The largest absolute Gasteiger partial charge is 0.238 e. The first-order chi connectivity index (χ1) is 14.5. The molecule has 4 aromatic rings. The summed E-state index contributed by atoms with van der Waals surface area (Å²) < 4.78 is 0. The summed E-state index contributed by atoms with van der Waals surface area (Å²) in [7, 11) is 0. The zero-order valence-corrected chi connectivity index (χ0v) is 19.6. The summed E-state index contributed by atoms with van der Waals surface area (Å²) in [5.74, 6) is 1.25. The summed E-state index contributed by atoms with van der Waals surface area (Å²) >= 11 is 22.2. The average molecular weight is 494 g/mol. The van der Waals surface area contributed by atoms with Crippen LogP contribution in [0.1, 0.15) is 50.6 Å². The van der Waals surface area contributed by atoms with Crippen LogP contribution in [0.3, 0.4) is 0 Å². The summed E-state index contributed by atoms with van der Waals surface area (Å²) in [6, 6.07) is 12.2. The predicted octanol–water partition coefficient (Wildman–Crippen LogP) is 7.11. The van der Waals surface area contributed by atoms with E-state index in [2.05, 4.69) is 50.0 Å². The first kappa shape index (κ1) is 20.3. The second-order valence-electron chi connectivity index (χ2n) is 7.18. The van der Waals surface area contributed by atoms with Gasteiger partial charge in [-0.25, -0.2) is 19.9 Å². The third-order valence-corrected chi connectivity index (χ3v) is 7.99. The van der Waals surface area contributed by atoms with Gasteiger partial charge >= 0.3 is 0 Å². The third kappa shape index (κ3) is 3.65. The smallest absolute Gasteiger partial charge is 0.224 e. The molecule has 0 spiro atoms. The molecule has 0 aromatic carbocycles. The maximum atomic E-state index is 6.31. The van der Waals surface area contributed by atoms with Crippen molar-refractivity contribution in [3.63, 3.8) is 0 Å². The zero-order chi connectivity index (χ0) is 20.8. The topological polar surface area (TPSA) is 51.6 Å². The Balaban J connectivity index is 1.70. The Morgan fingerprint density at radius 2 is 1.23 bits per heavy atom. The van der Waals surface area contributed by atoms with E-state index in [0.29, 0.717) is 16.1 Å². The van der Waals surface area contributed by atoms with Crippen LogP contribution in [0.5, 0.6) is 0 Å². The molecule has 4 aromatic heterocycles. The molecule has 1 saturated carbocycles. The quantitative estimate of drug-likeness (QED) is 0.224. The van der Waals surface area contributed by atoms with Gasteiger partial charge < -0.3 is 0 Å². The lowest BCUT2D eigenvalue weighted by atomic mass is 9.53. The molecular weight excluding hydrogens is 479 g/mol. The first-order valence-corrected chi connectivity index (χ1v) is 12.2. The molecule has 0 bridgehead atoms. The third-order valence-electron chi connectivity index (χ3n) is 5.49. The number of thiophene rings is 2. The van der Waals surface area contributed by atoms with Crippen LogP contribution in [-0.4, -0.2) is 19.9 Å². The van der Waals surface area contributed by atoms with Gasteiger partial charge in [0.2, 0.25) is 5.28 Å². The molecular formula is C21H15Cl3N4S2. The van der Waals surface area contributed by atoms with Crippen LogP contribution in [0.2, 0.25) is 15.6 Å². The summed E-state index contributed by atoms with van der Waals surface area (Å²) in [5.41, 5.74) is 1.80. The lowest BCUT2D eigenvalue weighted by Crippen LogP contribution is -2.40. The Labute approximate surface area is 196 Å². The van der Waals surface area contributed by atoms with Crippen molar-refractivity contribution in [2.75, 3.05) is 0 Å². The molecule has 4 nitrogen and oxygen atoms in total. The number of rotatable bonds is 4. The van der Waals surface area contributed by atoms with Crippen molar-refractivity contribution in [3.05, 3.63) is 89.7 Å². The molecule has 152 valence electrons. The van der Waals surface area contributed by atoms with Gasteiger partial charge in [-0.05, 0) is 53.6 Å². The molecule has 0 saturated heterocycles. The van der Waals surface area contributed by atoms with E-state index in [0.717, 1.165) is 11.4 Å². The van der Waals surface area contributed by atoms with Crippen LogP contribution >= 0.6 is 57.5 Å². The highest BCUT2D eigenvalue weighted by molar-refractivity contribution is 7.10. The van der Waals surface area contributed by atoms with Crippen LogP contribution in [0.15, 0.2) is 47.2 Å². The molecule has 1 aliphatic carbocycles. The normalized spacial score (nSPS) is 23.3. The van der Waals surface area contributed by atoms with E-state index in [9.17, 15) is 0 Å². The minimum atomic E-state index is 0.0966. The van der Waals surface area contributed by atoms with Crippen molar-refractivity contribution in [3.8, 4) is 0 Å². The van der Waals surface area contributed by atoms with Crippen molar-refractivity contribution < 1.29 is 0 Å². The summed E-state index contributed by atoms with van der Waals surface area (Å²) in [6.45, 7) is 1.87. The number of halogens is 3. The van der Waals surface area contributed by atoms with Crippen LogP contribution in [0, 0.1) is 6.92 Å². The van der Waals surface area contributed by atoms with Crippen molar-refractivity contribution in [2.45, 2.75) is 30.6 Å². The van der Waals surface area contributed by atoms with Gasteiger partial charge in [0.25, 0.3) is 0 Å². The monoisotopic (exact) mass is 492 g/mol. The molecule has 1 aliphatic rings.